The van der Waals surface area contributed by atoms with E-state index in [1.54, 1.807) is 12.1 Å². The lowest BCUT2D eigenvalue weighted by Crippen LogP contribution is -2.32. The lowest BCUT2D eigenvalue weighted by molar-refractivity contribution is -0.120. The van der Waals surface area contributed by atoms with Crippen LogP contribution in [0.3, 0.4) is 0 Å². The second-order valence-electron chi connectivity index (χ2n) is 6.84. The first kappa shape index (κ1) is 19.0. The lowest BCUT2D eigenvalue weighted by Gasteiger charge is -2.19. The highest BCUT2D eigenvalue weighted by molar-refractivity contribution is 7.11. The Hall–Kier alpha value is -3.38. The standard InChI is InChI=1S/C23H20N2O3S/c1-14-6-4-7-16(12-14)24-21-20(19-8-5-11-29-19)22(26)25(23(21)27)17-13-15(2)9-10-18(17)28-3/h4-13,24H,1-3H3. The molecule has 29 heavy (non-hydrogen) atoms. The molecule has 1 aliphatic heterocycles. The van der Waals surface area contributed by atoms with Crippen molar-refractivity contribution in [3.63, 3.8) is 0 Å². The van der Waals surface area contributed by atoms with E-state index >= 15 is 0 Å². The number of hydrogen-bond donors (Lipinski definition) is 1. The maximum Gasteiger partial charge on any atom is 0.282 e. The summed E-state index contributed by atoms with van der Waals surface area (Å²) in [6.45, 7) is 3.89. The average molecular weight is 404 g/mol. The molecule has 1 aromatic heterocycles. The minimum atomic E-state index is -0.399. The zero-order chi connectivity index (χ0) is 20.5. The van der Waals surface area contributed by atoms with Crippen LogP contribution in [0.1, 0.15) is 16.0 Å². The number of amides is 2. The molecule has 6 heteroatoms. The van der Waals surface area contributed by atoms with Crippen molar-refractivity contribution in [2.75, 3.05) is 17.3 Å². The van der Waals surface area contributed by atoms with Gasteiger partial charge in [-0.05, 0) is 60.7 Å². The first-order valence-electron chi connectivity index (χ1n) is 9.15. The largest absolute Gasteiger partial charge is 0.495 e. The summed E-state index contributed by atoms with van der Waals surface area (Å²) in [5.41, 5.74) is 3.83. The van der Waals surface area contributed by atoms with Gasteiger partial charge in [0.25, 0.3) is 11.8 Å². The molecule has 2 aromatic carbocycles. The van der Waals surface area contributed by atoms with Crippen LogP contribution in [0, 0.1) is 13.8 Å². The van der Waals surface area contributed by atoms with E-state index in [0.717, 1.165) is 21.7 Å². The maximum atomic E-state index is 13.4. The second kappa shape index (κ2) is 7.56. The normalized spacial score (nSPS) is 14.0. The summed E-state index contributed by atoms with van der Waals surface area (Å²) >= 11 is 1.42. The monoisotopic (exact) mass is 404 g/mol. The van der Waals surface area contributed by atoms with E-state index in [9.17, 15) is 9.59 Å². The van der Waals surface area contributed by atoms with Crippen molar-refractivity contribution in [1.29, 1.82) is 0 Å². The van der Waals surface area contributed by atoms with Crippen LogP contribution in [0.2, 0.25) is 0 Å². The molecule has 0 unspecified atom stereocenters. The maximum absolute atomic E-state index is 13.4. The highest BCUT2D eigenvalue weighted by Gasteiger charge is 2.41. The Morgan fingerprint density at radius 3 is 2.41 bits per heavy atom. The number of methoxy groups -OCH3 is 1. The molecular weight excluding hydrogens is 384 g/mol. The lowest BCUT2D eigenvalue weighted by atomic mass is 10.1. The SMILES string of the molecule is COc1ccc(C)cc1N1C(=O)C(Nc2cccc(C)c2)=C(c2cccs2)C1=O. The number of rotatable bonds is 5. The average Bonchev–Trinajstić information content (AvgIpc) is 3.29. The van der Waals surface area contributed by atoms with Crippen LogP contribution in [0.15, 0.2) is 65.7 Å². The van der Waals surface area contributed by atoms with Crippen molar-refractivity contribution in [3.05, 3.63) is 81.7 Å². The molecule has 146 valence electrons. The molecule has 0 spiro atoms. The first-order valence-corrected chi connectivity index (χ1v) is 10.0. The second-order valence-corrected chi connectivity index (χ2v) is 7.79. The van der Waals surface area contributed by atoms with Gasteiger partial charge in [0.05, 0.1) is 18.4 Å². The number of ether oxygens (including phenoxy) is 1. The molecule has 0 aliphatic carbocycles. The van der Waals surface area contributed by atoms with Crippen LogP contribution in [0.25, 0.3) is 5.57 Å². The van der Waals surface area contributed by atoms with Gasteiger partial charge in [-0.2, -0.15) is 0 Å². The molecule has 5 nitrogen and oxygen atoms in total. The van der Waals surface area contributed by atoms with Crippen molar-refractivity contribution < 1.29 is 14.3 Å². The van der Waals surface area contributed by atoms with E-state index in [-0.39, 0.29) is 11.6 Å². The number of nitrogens with one attached hydrogen (secondary N) is 1. The quantitative estimate of drug-likeness (QED) is 0.623. The highest BCUT2D eigenvalue weighted by Crippen LogP contribution is 2.39. The Morgan fingerprint density at radius 2 is 1.72 bits per heavy atom. The summed E-state index contributed by atoms with van der Waals surface area (Å²) in [6.07, 6.45) is 0. The molecule has 1 N–H and O–H groups in total. The molecule has 0 atom stereocenters. The van der Waals surface area contributed by atoms with Gasteiger partial charge in [0.2, 0.25) is 0 Å². The van der Waals surface area contributed by atoms with Crippen LogP contribution in [0.4, 0.5) is 11.4 Å². The van der Waals surface area contributed by atoms with Crippen molar-refractivity contribution in [2.45, 2.75) is 13.8 Å². The van der Waals surface area contributed by atoms with Crippen LogP contribution in [-0.4, -0.2) is 18.9 Å². The van der Waals surface area contributed by atoms with E-state index in [1.165, 1.54) is 23.3 Å². The summed E-state index contributed by atoms with van der Waals surface area (Å²) in [5.74, 6) is -0.292. The molecule has 0 saturated carbocycles. The summed E-state index contributed by atoms with van der Waals surface area (Å²) in [5, 5.41) is 5.07. The van der Waals surface area contributed by atoms with Gasteiger partial charge in [0, 0.05) is 10.6 Å². The van der Waals surface area contributed by atoms with Gasteiger partial charge in [-0.15, -0.1) is 11.3 Å². The van der Waals surface area contributed by atoms with Gasteiger partial charge >= 0.3 is 0 Å². The highest BCUT2D eigenvalue weighted by atomic mass is 32.1. The molecular formula is C23H20N2O3S. The summed E-state index contributed by atoms with van der Waals surface area (Å²) < 4.78 is 5.42. The smallest absolute Gasteiger partial charge is 0.282 e. The summed E-state index contributed by atoms with van der Waals surface area (Å²) in [7, 11) is 1.53. The number of imide groups is 1. The number of aryl methyl sites for hydroxylation is 2. The van der Waals surface area contributed by atoms with Crippen molar-refractivity contribution in [3.8, 4) is 5.75 Å². The van der Waals surface area contributed by atoms with E-state index < -0.39 is 5.91 Å². The Kier molecular flexibility index (Phi) is 4.94. The third kappa shape index (κ3) is 3.43. The topological polar surface area (TPSA) is 58.6 Å². The molecule has 2 amide bonds. The predicted molar refractivity (Wildman–Crippen MR) is 116 cm³/mol. The fraction of sp³-hybridized carbons (Fsp3) is 0.130. The number of nitrogens with zero attached hydrogens (tertiary/aromatic N) is 1. The molecule has 0 bridgehead atoms. The van der Waals surface area contributed by atoms with Crippen molar-refractivity contribution >= 4 is 40.1 Å². The van der Waals surface area contributed by atoms with Gasteiger partial charge < -0.3 is 10.1 Å². The number of carbonyl (C=O) groups excluding carboxylic acids is 2. The number of carbonyl (C=O) groups is 2. The fourth-order valence-corrected chi connectivity index (χ4v) is 4.12. The van der Waals surface area contributed by atoms with Crippen LogP contribution in [0.5, 0.6) is 5.75 Å². The van der Waals surface area contributed by atoms with Crippen LogP contribution < -0.4 is 15.0 Å². The Morgan fingerprint density at radius 1 is 0.931 bits per heavy atom. The zero-order valence-electron chi connectivity index (χ0n) is 16.4. The number of benzene rings is 2. The van der Waals surface area contributed by atoms with Gasteiger partial charge in [0.1, 0.15) is 11.4 Å². The number of thiophene rings is 1. The predicted octanol–water partition coefficient (Wildman–Crippen LogP) is 4.77. The first-order chi connectivity index (χ1) is 14.0. The van der Waals surface area contributed by atoms with Crippen LogP contribution in [-0.2, 0) is 9.59 Å². The van der Waals surface area contributed by atoms with Gasteiger partial charge in [0.15, 0.2) is 0 Å². The summed E-state index contributed by atoms with van der Waals surface area (Å²) in [4.78, 5) is 28.8. The van der Waals surface area contributed by atoms with Crippen LogP contribution >= 0.6 is 11.3 Å². The Balaban J connectivity index is 1.84. The third-order valence-electron chi connectivity index (χ3n) is 4.71. The van der Waals surface area contributed by atoms with Gasteiger partial charge in [-0.1, -0.05) is 24.3 Å². The molecule has 2 heterocycles. The van der Waals surface area contributed by atoms with Gasteiger partial charge in [-0.3, -0.25) is 9.59 Å². The minimum absolute atomic E-state index is 0.270. The molecule has 0 radical (unpaired) electrons. The Bertz CT molecular complexity index is 1130. The van der Waals surface area contributed by atoms with E-state index in [0.29, 0.717) is 17.0 Å². The third-order valence-corrected chi connectivity index (χ3v) is 5.60. The molecule has 0 fully saturated rings. The van der Waals surface area contributed by atoms with Gasteiger partial charge in [-0.25, -0.2) is 4.90 Å². The van der Waals surface area contributed by atoms with Crippen molar-refractivity contribution in [1.82, 2.24) is 0 Å². The zero-order valence-corrected chi connectivity index (χ0v) is 17.2. The Labute approximate surface area is 173 Å². The fourth-order valence-electron chi connectivity index (χ4n) is 3.36. The molecule has 1 aliphatic rings. The molecule has 0 saturated heterocycles. The van der Waals surface area contributed by atoms with E-state index in [2.05, 4.69) is 5.32 Å². The van der Waals surface area contributed by atoms with E-state index in [1.807, 2.05) is 61.7 Å². The van der Waals surface area contributed by atoms with Crippen molar-refractivity contribution in [2.24, 2.45) is 0 Å². The number of anilines is 2. The molecule has 4 rings (SSSR count). The summed E-state index contributed by atoms with van der Waals surface area (Å²) in [6, 6.07) is 16.8. The number of hydrogen-bond acceptors (Lipinski definition) is 5. The minimum Gasteiger partial charge on any atom is -0.495 e. The van der Waals surface area contributed by atoms with E-state index in [4.69, 9.17) is 4.74 Å². The molecule has 3 aromatic rings.